The fourth-order valence-electron chi connectivity index (χ4n) is 5.74. The molecule has 0 N–H and O–H groups in total. The van der Waals surface area contributed by atoms with Crippen molar-refractivity contribution in [2.45, 2.75) is 12.9 Å². The van der Waals surface area contributed by atoms with Gasteiger partial charge in [-0.3, -0.25) is 0 Å². The molecule has 0 amide bonds. The molecule has 3 aliphatic heterocycles. The Morgan fingerprint density at radius 2 is 1.04 bits per heavy atom. The maximum Gasteiger partial charge on any atom is 0.211 e. The van der Waals surface area contributed by atoms with E-state index in [0.29, 0.717) is 6.71 Å². The van der Waals surface area contributed by atoms with Gasteiger partial charge in [0.1, 0.15) is 0 Å². The minimum Gasteiger partial charge on any atom is -0.330 e. The number of rotatable bonds is 0. The van der Waals surface area contributed by atoms with E-state index < -0.39 is 0 Å². The average Bonchev–Trinajstić information content (AvgIpc) is 2.77. The summed E-state index contributed by atoms with van der Waals surface area (Å²) in [5, 5.41) is 0. The SMILES string of the molecule is CB1c2cccc3c2N2c4c1cccc4-c1ccccc1C2c1ccccc1-3. The molecule has 0 atom stereocenters. The van der Waals surface area contributed by atoms with Crippen molar-refractivity contribution in [1.29, 1.82) is 0 Å². The Balaban J connectivity index is 1.72. The summed E-state index contributed by atoms with van der Waals surface area (Å²) in [6.45, 7) is 2.76. The smallest absolute Gasteiger partial charge is 0.211 e. The zero-order chi connectivity index (χ0) is 18.4. The molecule has 0 saturated heterocycles. The molecule has 0 bridgehead atoms. The van der Waals surface area contributed by atoms with Gasteiger partial charge in [-0.05, 0) is 22.3 Å². The zero-order valence-corrected chi connectivity index (χ0v) is 15.7. The van der Waals surface area contributed by atoms with Crippen LogP contribution in [0, 0.1) is 0 Å². The molecule has 4 aromatic carbocycles. The Morgan fingerprint density at radius 1 is 0.571 bits per heavy atom. The van der Waals surface area contributed by atoms with Crippen LogP contribution in [0.5, 0.6) is 0 Å². The van der Waals surface area contributed by atoms with Gasteiger partial charge < -0.3 is 4.90 Å². The molecule has 0 radical (unpaired) electrons. The minimum atomic E-state index is 0.238. The van der Waals surface area contributed by atoms with Crippen LogP contribution in [0.25, 0.3) is 22.3 Å². The molecule has 0 saturated carbocycles. The molecule has 0 aromatic heterocycles. The number of benzene rings is 4. The summed E-state index contributed by atoms with van der Waals surface area (Å²) < 4.78 is 0. The van der Waals surface area contributed by atoms with Crippen LogP contribution >= 0.6 is 0 Å². The van der Waals surface area contributed by atoms with Crippen molar-refractivity contribution in [3.8, 4) is 22.3 Å². The highest BCUT2D eigenvalue weighted by Gasteiger charge is 2.44. The summed E-state index contributed by atoms with van der Waals surface area (Å²) in [7, 11) is 0. The van der Waals surface area contributed by atoms with Crippen molar-refractivity contribution in [2.24, 2.45) is 0 Å². The third kappa shape index (κ3) is 1.57. The van der Waals surface area contributed by atoms with Crippen LogP contribution in [0.4, 0.5) is 11.4 Å². The first kappa shape index (κ1) is 14.8. The normalized spacial score (nSPS) is 15.0. The predicted octanol–water partition coefficient (Wildman–Crippen LogP) is 5.13. The summed E-state index contributed by atoms with van der Waals surface area (Å²) in [5.41, 5.74) is 14.0. The van der Waals surface area contributed by atoms with Crippen molar-refractivity contribution in [2.75, 3.05) is 4.90 Å². The fourth-order valence-corrected chi connectivity index (χ4v) is 5.74. The van der Waals surface area contributed by atoms with E-state index in [4.69, 9.17) is 0 Å². The highest BCUT2D eigenvalue weighted by Crippen LogP contribution is 2.56. The zero-order valence-electron chi connectivity index (χ0n) is 15.7. The summed E-state index contributed by atoms with van der Waals surface area (Å²) in [5.74, 6) is 0. The average molecular weight is 355 g/mol. The van der Waals surface area contributed by atoms with Crippen molar-refractivity contribution >= 4 is 29.0 Å². The van der Waals surface area contributed by atoms with E-state index in [0.717, 1.165) is 0 Å². The molecular weight excluding hydrogens is 337 g/mol. The van der Waals surface area contributed by atoms with E-state index in [-0.39, 0.29) is 6.04 Å². The lowest BCUT2D eigenvalue weighted by atomic mass is 9.39. The summed E-state index contributed by atoms with van der Waals surface area (Å²) >= 11 is 0. The van der Waals surface area contributed by atoms with Gasteiger partial charge >= 0.3 is 0 Å². The van der Waals surface area contributed by atoms with E-state index in [9.17, 15) is 0 Å². The molecule has 1 nitrogen and oxygen atoms in total. The lowest BCUT2D eigenvalue weighted by molar-refractivity contribution is 0.805. The Morgan fingerprint density at radius 3 is 1.57 bits per heavy atom. The lowest BCUT2D eigenvalue weighted by Crippen LogP contribution is -2.52. The highest BCUT2D eigenvalue weighted by atomic mass is 15.2. The van der Waals surface area contributed by atoms with Gasteiger partial charge in [0.2, 0.25) is 6.71 Å². The molecule has 0 fully saturated rings. The van der Waals surface area contributed by atoms with Crippen molar-refractivity contribution in [3.63, 3.8) is 0 Å². The molecule has 3 heterocycles. The van der Waals surface area contributed by atoms with E-state index in [2.05, 4.69) is 96.7 Å². The van der Waals surface area contributed by atoms with Gasteiger partial charge in [0, 0.05) is 22.5 Å². The van der Waals surface area contributed by atoms with Gasteiger partial charge in [-0.1, -0.05) is 103 Å². The van der Waals surface area contributed by atoms with Gasteiger partial charge in [-0.25, -0.2) is 0 Å². The van der Waals surface area contributed by atoms with Crippen LogP contribution in [0.15, 0.2) is 84.9 Å². The van der Waals surface area contributed by atoms with E-state index in [1.807, 2.05) is 0 Å². The summed E-state index contributed by atoms with van der Waals surface area (Å²) in [6, 6.07) is 31.9. The number of fused-ring (bicyclic) bond motifs is 6. The van der Waals surface area contributed by atoms with Crippen LogP contribution in [0.3, 0.4) is 0 Å². The second kappa shape index (κ2) is 4.96. The minimum absolute atomic E-state index is 0.238. The maximum atomic E-state index is 2.64. The monoisotopic (exact) mass is 355 g/mol. The van der Waals surface area contributed by atoms with Crippen molar-refractivity contribution in [3.05, 3.63) is 96.1 Å². The first-order valence-corrected chi connectivity index (χ1v) is 10.1. The molecule has 7 rings (SSSR count). The first-order valence-electron chi connectivity index (χ1n) is 10.1. The van der Waals surface area contributed by atoms with Crippen molar-refractivity contribution < 1.29 is 0 Å². The third-order valence-electron chi connectivity index (χ3n) is 6.90. The first-order chi connectivity index (χ1) is 13.8. The van der Waals surface area contributed by atoms with E-state index in [1.54, 1.807) is 0 Å². The quantitative estimate of drug-likeness (QED) is 0.396. The second-order valence-corrected chi connectivity index (χ2v) is 8.16. The van der Waals surface area contributed by atoms with E-state index >= 15 is 0 Å². The summed E-state index contributed by atoms with van der Waals surface area (Å²) in [6.07, 6.45) is 0. The summed E-state index contributed by atoms with van der Waals surface area (Å²) in [4.78, 5) is 2.64. The number of nitrogens with zero attached hydrogens (tertiary/aromatic N) is 1. The molecule has 4 aromatic rings. The van der Waals surface area contributed by atoms with Crippen LogP contribution in [0.2, 0.25) is 6.82 Å². The fraction of sp³-hybridized carbons (Fsp3) is 0.0769. The topological polar surface area (TPSA) is 3.24 Å². The van der Waals surface area contributed by atoms with Crippen LogP contribution < -0.4 is 15.8 Å². The van der Waals surface area contributed by atoms with Gasteiger partial charge in [0.25, 0.3) is 0 Å². The Kier molecular flexibility index (Phi) is 2.62. The van der Waals surface area contributed by atoms with Crippen LogP contribution in [0.1, 0.15) is 17.2 Å². The number of para-hydroxylation sites is 2. The van der Waals surface area contributed by atoms with Crippen molar-refractivity contribution in [1.82, 2.24) is 0 Å². The van der Waals surface area contributed by atoms with Crippen LogP contribution in [-0.2, 0) is 0 Å². The van der Waals surface area contributed by atoms with Gasteiger partial charge in [-0.15, -0.1) is 0 Å². The molecule has 130 valence electrons. The number of anilines is 2. The van der Waals surface area contributed by atoms with Gasteiger partial charge in [0.15, 0.2) is 0 Å². The molecule has 0 spiro atoms. The molecule has 28 heavy (non-hydrogen) atoms. The van der Waals surface area contributed by atoms with Gasteiger partial charge in [-0.2, -0.15) is 0 Å². The Labute approximate surface area is 165 Å². The highest BCUT2D eigenvalue weighted by molar-refractivity contribution is 6.87. The third-order valence-corrected chi connectivity index (χ3v) is 6.90. The van der Waals surface area contributed by atoms with Gasteiger partial charge in [0.05, 0.1) is 6.04 Å². The Bertz CT molecular complexity index is 1210. The molecule has 0 unspecified atom stereocenters. The largest absolute Gasteiger partial charge is 0.330 e. The molecule has 3 aliphatic rings. The predicted molar refractivity (Wildman–Crippen MR) is 119 cm³/mol. The second-order valence-electron chi connectivity index (χ2n) is 8.16. The molecule has 2 heteroatoms. The molecular formula is C26H18BN. The van der Waals surface area contributed by atoms with E-state index in [1.165, 1.54) is 55.7 Å². The van der Waals surface area contributed by atoms with Crippen LogP contribution in [-0.4, -0.2) is 6.71 Å². The lowest BCUT2D eigenvalue weighted by Gasteiger charge is -2.49. The standard InChI is InChI=1S/C26H18BN/c1-27-22-14-6-12-20-16-8-2-4-10-18(16)24-19-11-5-3-9-17(19)21-13-7-15-23(27)26(21)28(24)25(20)22/h2-15,24H,1H3. The number of hydrogen-bond acceptors (Lipinski definition) is 1. The number of hydrogen-bond donors (Lipinski definition) is 0. The Hall–Kier alpha value is -3.26. The molecule has 0 aliphatic carbocycles. The maximum absolute atomic E-state index is 2.64.